The molecule has 0 aliphatic carbocycles. The van der Waals surface area contributed by atoms with Crippen molar-refractivity contribution in [3.8, 4) is 0 Å². The van der Waals surface area contributed by atoms with Gasteiger partial charge in [-0.2, -0.15) is 0 Å². The summed E-state index contributed by atoms with van der Waals surface area (Å²) in [5, 5.41) is 3.62. The van der Waals surface area contributed by atoms with E-state index < -0.39 is 0 Å². The van der Waals surface area contributed by atoms with E-state index in [1.54, 1.807) is 6.08 Å². The van der Waals surface area contributed by atoms with Gasteiger partial charge < -0.3 is 20.9 Å². The first-order valence-electron chi connectivity index (χ1n) is 11.8. The van der Waals surface area contributed by atoms with Gasteiger partial charge in [0.2, 0.25) is 0 Å². The fraction of sp³-hybridized carbons (Fsp3) is 0.321. The number of nitrogens with one attached hydrogen (secondary N) is 2. The molecule has 33 heavy (non-hydrogen) atoms. The maximum atomic E-state index is 6.01. The van der Waals surface area contributed by atoms with Gasteiger partial charge in [-0.25, -0.2) is 4.98 Å². The lowest BCUT2D eigenvalue weighted by molar-refractivity contribution is 0.325. The van der Waals surface area contributed by atoms with Gasteiger partial charge in [0.25, 0.3) is 0 Å². The molecule has 5 nitrogen and oxygen atoms in total. The SMILES string of the molecule is C=C/C=C(\c1nc(C2(C)Nc3ccc(C(/C=C(/N)C=C)=C/C)cc32)[nH]c1C)N1CCCCC1. The number of imidazole rings is 1. The molecule has 1 atom stereocenters. The normalized spacial score (nSPS) is 21.2. The van der Waals surface area contributed by atoms with Crippen LogP contribution in [0.25, 0.3) is 11.3 Å². The number of likely N-dealkylation sites (tertiary alicyclic amines) is 1. The molecule has 0 amide bonds. The van der Waals surface area contributed by atoms with Crippen LogP contribution in [0.2, 0.25) is 0 Å². The third-order valence-corrected chi connectivity index (χ3v) is 6.72. The lowest BCUT2D eigenvalue weighted by atomic mass is 9.80. The van der Waals surface area contributed by atoms with Crippen LogP contribution in [-0.4, -0.2) is 28.0 Å². The predicted octanol–water partition coefficient (Wildman–Crippen LogP) is 5.85. The Morgan fingerprint density at radius 3 is 2.64 bits per heavy atom. The highest BCUT2D eigenvalue weighted by atomic mass is 15.2. The Morgan fingerprint density at radius 2 is 1.97 bits per heavy atom. The highest BCUT2D eigenvalue weighted by Gasteiger charge is 2.43. The summed E-state index contributed by atoms with van der Waals surface area (Å²) in [6.07, 6.45) is 13.4. The second-order valence-corrected chi connectivity index (χ2v) is 9.00. The predicted molar refractivity (Wildman–Crippen MR) is 140 cm³/mol. The van der Waals surface area contributed by atoms with Crippen molar-refractivity contribution in [3.63, 3.8) is 0 Å². The van der Waals surface area contributed by atoms with Crippen molar-refractivity contribution in [2.75, 3.05) is 18.4 Å². The van der Waals surface area contributed by atoms with Gasteiger partial charge in [0.05, 0.1) is 5.70 Å². The van der Waals surface area contributed by atoms with E-state index in [0.717, 1.165) is 52.8 Å². The molecule has 0 spiro atoms. The molecule has 1 unspecified atom stereocenters. The molecule has 0 radical (unpaired) electrons. The molecule has 0 saturated carbocycles. The summed E-state index contributed by atoms with van der Waals surface area (Å²) in [6, 6.07) is 6.48. The van der Waals surface area contributed by atoms with Crippen LogP contribution in [0.1, 0.15) is 61.4 Å². The Kier molecular flexibility index (Phi) is 6.32. The zero-order chi connectivity index (χ0) is 23.6. The Balaban J connectivity index is 1.70. The molecule has 1 aromatic heterocycles. The molecule has 2 aromatic rings. The van der Waals surface area contributed by atoms with E-state index in [1.807, 2.05) is 19.1 Å². The van der Waals surface area contributed by atoms with Crippen LogP contribution in [0.5, 0.6) is 0 Å². The molecule has 1 saturated heterocycles. The summed E-state index contributed by atoms with van der Waals surface area (Å²) < 4.78 is 0. The molecule has 1 fully saturated rings. The molecule has 172 valence electrons. The highest BCUT2D eigenvalue weighted by Crippen LogP contribution is 2.46. The van der Waals surface area contributed by atoms with Crippen LogP contribution < -0.4 is 11.1 Å². The van der Waals surface area contributed by atoms with Gasteiger partial charge in [-0.3, -0.25) is 0 Å². The van der Waals surface area contributed by atoms with E-state index in [2.05, 4.69) is 72.6 Å². The number of rotatable bonds is 7. The maximum absolute atomic E-state index is 6.01. The summed E-state index contributed by atoms with van der Waals surface area (Å²) >= 11 is 0. The van der Waals surface area contributed by atoms with Gasteiger partial charge in [0.15, 0.2) is 0 Å². The zero-order valence-corrected chi connectivity index (χ0v) is 20.0. The number of H-pyrrole nitrogens is 1. The van der Waals surface area contributed by atoms with E-state index in [9.17, 15) is 0 Å². The van der Waals surface area contributed by atoms with E-state index in [0.29, 0.717) is 5.70 Å². The molecule has 4 rings (SSSR count). The number of aryl methyl sites for hydroxylation is 1. The number of aromatic amines is 1. The van der Waals surface area contributed by atoms with Crippen molar-refractivity contribution in [1.82, 2.24) is 14.9 Å². The summed E-state index contributed by atoms with van der Waals surface area (Å²) in [5.74, 6) is 0.926. The lowest BCUT2D eigenvalue weighted by Crippen LogP contribution is -2.43. The van der Waals surface area contributed by atoms with Gasteiger partial charge in [-0.15, -0.1) is 0 Å². The van der Waals surface area contributed by atoms with Crippen LogP contribution in [0.3, 0.4) is 0 Å². The summed E-state index contributed by atoms with van der Waals surface area (Å²) in [5.41, 5.74) is 14.1. The number of anilines is 1. The number of nitrogens with zero attached hydrogens (tertiary/aromatic N) is 2. The summed E-state index contributed by atoms with van der Waals surface area (Å²) in [6.45, 7) is 16.1. The number of nitrogens with two attached hydrogens (primary N) is 1. The molecular formula is C28H35N5. The van der Waals surface area contributed by atoms with Gasteiger partial charge in [0.1, 0.15) is 17.1 Å². The van der Waals surface area contributed by atoms with Crippen LogP contribution in [0.4, 0.5) is 5.69 Å². The minimum atomic E-state index is -0.387. The molecule has 5 heteroatoms. The minimum absolute atomic E-state index is 0.387. The van der Waals surface area contributed by atoms with Crippen molar-refractivity contribution in [1.29, 1.82) is 0 Å². The van der Waals surface area contributed by atoms with Crippen molar-refractivity contribution in [3.05, 3.63) is 95.8 Å². The topological polar surface area (TPSA) is 70.0 Å². The number of allylic oxidation sites excluding steroid dienone is 6. The average molecular weight is 442 g/mol. The number of hydrogen-bond donors (Lipinski definition) is 3. The van der Waals surface area contributed by atoms with Crippen LogP contribution >= 0.6 is 0 Å². The Hall–Kier alpha value is -3.47. The fourth-order valence-corrected chi connectivity index (χ4v) is 4.81. The average Bonchev–Trinajstić information content (AvgIpc) is 3.22. The quantitative estimate of drug-likeness (QED) is 0.471. The first-order chi connectivity index (χ1) is 15.9. The van der Waals surface area contributed by atoms with Crippen LogP contribution in [-0.2, 0) is 5.54 Å². The first-order valence-corrected chi connectivity index (χ1v) is 11.8. The molecular weight excluding hydrogens is 406 g/mol. The Bertz CT molecular complexity index is 1160. The van der Waals surface area contributed by atoms with E-state index in [4.69, 9.17) is 10.7 Å². The summed E-state index contributed by atoms with van der Waals surface area (Å²) in [7, 11) is 0. The van der Waals surface area contributed by atoms with Crippen molar-refractivity contribution in [2.24, 2.45) is 5.73 Å². The van der Waals surface area contributed by atoms with Crippen LogP contribution in [0.15, 0.2) is 67.4 Å². The zero-order valence-electron chi connectivity index (χ0n) is 20.0. The van der Waals surface area contributed by atoms with Crippen molar-refractivity contribution < 1.29 is 0 Å². The third-order valence-electron chi connectivity index (χ3n) is 6.72. The third kappa shape index (κ3) is 4.15. The maximum Gasteiger partial charge on any atom is 0.137 e. The minimum Gasteiger partial charge on any atom is -0.399 e. The van der Waals surface area contributed by atoms with E-state index in [-0.39, 0.29) is 5.54 Å². The van der Waals surface area contributed by atoms with Gasteiger partial charge >= 0.3 is 0 Å². The molecule has 4 N–H and O–H groups in total. The van der Waals surface area contributed by atoms with E-state index in [1.165, 1.54) is 24.8 Å². The molecule has 3 heterocycles. The highest BCUT2D eigenvalue weighted by molar-refractivity contribution is 5.80. The van der Waals surface area contributed by atoms with E-state index >= 15 is 0 Å². The summed E-state index contributed by atoms with van der Waals surface area (Å²) in [4.78, 5) is 11.1. The monoisotopic (exact) mass is 441 g/mol. The first kappa shape index (κ1) is 22.7. The van der Waals surface area contributed by atoms with Crippen LogP contribution in [0, 0.1) is 6.92 Å². The number of fused-ring (bicyclic) bond motifs is 1. The van der Waals surface area contributed by atoms with Gasteiger partial charge in [-0.05, 0) is 81.5 Å². The Morgan fingerprint density at radius 1 is 1.21 bits per heavy atom. The standard InChI is InChI=1S/C28H35N5/c1-6-12-25(33-15-10-9-11-16-33)26-19(4)30-27(31-26)28(5)23-18-21(13-14-24(23)32-28)20(7-2)17-22(29)8-3/h6-8,12-14,17-18,32H,1,3,9-11,15-16,29H2,2,4-5H3,(H,30,31)/b20-7+,22-17+,25-12+. The Labute approximate surface area is 197 Å². The molecule has 1 aromatic carbocycles. The molecule has 2 aliphatic rings. The number of aromatic nitrogens is 2. The number of benzene rings is 1. The van der Waals surface area contributed by atoms with Crippen molar-refractivity contribution >= 4 is 17.0 Å². The second kappa shape index (κ2) is 9.18. The smallest absolute Gasteiger partial charge is 0.137 e. The second-order valence-electron chi connectivity index (χ2n) is 9.00. The largest absolute Gasteiger partial charge is 0.399 e. The van der Waals surface area contributed by atoms with Gasteiger partial charge in [-0.1, -0.05) is 31.4 Å². The van der Waals surface area contributed by atoms with Crippen molar-refractivity contribution in [2.45, 2.75) is 45.6 Å². The lowest BCUT2D eigenvalue weighted by Gasteiger charge is -2.42. The fourth-order valence-electron chi connectivity index (χ4n) is 4.81. The molecule has 0 bridgehead atoms. The number of hydrogen-bond acceptors (Lipinski definition) is 4. The molecule has 2 aliphatic heterocycles. The van der Waals surface area contributed by atoms with Gasteiger partial charge in [0, 0.05) is 35.7 Å². The number of piperidine rings is 1.